The summed E-state index contributed by atoms with van der Waals surface area (Å²) in [5, 5.41) is 4.01. The number of carbonyl (C=O) groups is 2. The molecule has 42 heavy (non-hydrogen) atoms. The summed E-state index contributed by atoms with van der Waals surface area (Å²) in [6, 6.07) is 19.2. The highest BCUT2D eigenvalue weighted by Gasteiger charge is 2.34. The number of hydrogen-bond acceptors (Lipinski definition) is 4. The first kappa shape index (κ1) is 31.9. The van der Waals surface area contributed by atoms with Crippen molar-refractivity contribution in [3.8, 4) is 0 Å². The molecule has 1 aliphatic rings. The Labute approximate surface area is 258 Å². The third kappa shape index (κ3) is 7.85. The molecule has 0 aliphatic heterocycles. The molecule has 4 rings (SSSR count). The van der Waals surface area contributed by atoms with Gasteiger partial charge in [0.05, 0.1) is 10.6 Å². The smallest absolute Gasteiger partial charge is 0.264 e. The largest absolute Gasteiger partial charge is 0.352 e. The maximum Gasteiger partial charge on any atom is 0.264 e. The molecule has 0 bridgehead atoms. The van der Waals surface area contributed by atoms with Gasteiger partial charge >= 0.3 is 0 Å². The molecule has 0 saturated heterocycles. The van der Waals surface area contributed by atoms with Crippen molar-refractivity contribution >= 4 is 50.7 Å². The minimum absolute atomic E-state index is 0.000873. The monoisotopic (exact) mass is 629 g/mol. The van der Waals surface area contributed by atoms with Crippen molar-refractivity contribution in [2.24, 2.45) is 0 Å². The number of aryl methyl sites for hydroxylation is 1. The SMILES string of the molecule is CC[C@H](C(=O)NC1CCCCC1)N(Cc1ccccc1Cl)C(=O)CN(c1cccc(C)c1)S(=O)(=O)c1ccc(Cl)cc1. The average Bonchev–Trinajstić information content (AvgIpc) is 2.97. The van der Waals surface area contributed by atoms with Gasteiger partial charge in [-0.05, 0) is 79.8 Å². The number of nitrogens with zero attached hydrogens (tertiary/aromatic N) is 2. The molecule has 0 aromatic heterocycles. The molecule has 0 radical (unpaired) electrons. The second kappa shape index (κ2) is 14.4. The van der Waals surface area contributed by atoms with E-state index in [1.165, 1.54) is 29.2 Å². The fraction of sp³-hybridized carbons (Fsp3) is 0.375. The van der Waals surface area contributed by atoms with Gasteiger partial charge in [0.15, 0.2) is 0 Å². The van der Waals surface area contributed by atoms with Crippen LogP contribution in [0.1, 0.15) is 56.6 Å². The second-order valence-electron chi connectivity index (χ2n) is 10.7. The number of rotatable bonds is 11. The van der Waals surface area contributed by atoms with Crippen LogP contribution in [0.15, 0.2) is 77.7 Å². The van der Waals surface area contributed by atoms with E-state index in [-0.39, 0.29) is 23.4 Å². The Morgan fingerprint density at radius 1 is 0.952 bits per heavy atom. The molecule has 0 heterocycles. The summed E-state index contributed by atoms with van der Waals surface area (Å²) in [5.74, 6) is -0.757. The Morgan fingerprint density at radius 3 is 2.29 bits per heavy atom. The summed E-state index contributed by atoms with van der Waals surface area (Å²) in [4.78, 5) is 29.3. The highest BCUT2D eigenvalue weighted by molar-refractivity contribution is 7.92. The van der Waals surface area contributed by atoms with E-state index in [9.17, 15) is 18.0 Å². The van der Waals surface area contributed by atoms with Gasteiger partial charge in [0.2, 0.25) is 11.8 Å². The molecule has 1 atom stereocenters. The van der Waals surface area contributed by atoms with E-state index in [0.29, 0.717) is 27.7 Å². The van der Waals surface area contributed by atoms with Crippen LogP contribution in [0.5, 0.6) is 0 Å². The van der Waals surface area contributed by atoms with Crippen molar-refractivity contribution in [2.45, 2.75) is 75.9 Å². The second-order valence-corrected chi connectivity index (χ2v) is 13.4. The van der Waals surface area contributed by atoms with Gasteiger partial charge in [-0.25, -0.2) is 8.42 Å². The topological polar surface area (TPSA) is 86.8 Å². The lowest BCUT2D eigenvalue weighted by Crippen LogP contribution is -2.54. The first-order chi connectivity index (χ1) is 20.1. The molecule has 3 aromatic carbocycles. The Hall–Kier alpha value is -3.07. The summed E-state index contributed by atoms with van der Waals surface area (Å²) in [5.41, 5.74) is 1.84. The summed E-state index contributed by atoms with van der Waals surface area (Å²) < 4.78 is 29.0. The van der Waals surface area contributed by atoms with E-state index < -0.39 is 28.5 Å². The first-order valence-electron chi connectivity index (χ1n) is 14.3. The fourth-order valence-corrected chi connectivity index (χ4v) is 7.05. The molecule has 1 saturated carbocycles. The first-order valence-corrected chi connectivity index (χ1v) is 16.5. The minimum Gasteiger partial charge on any atom is -0.352 e. The fourth-order valence-electron chi connectivity index (χ4n) is 5.32. The van der Waals surface area contributed by atoms with Crippen molar-refractivity contribution in [1.29, 1.82) is 0 Å². The van der Waals surface area contributed by atoms with Crippen LogP contribution >= 0.6 is 23.2 Å². The van der Waals surface area contributed by atoms with Crippen molar-refractivity contribution in [3.05, 3.63) is 94.0 Å². The molecule has 1 N–H and O–H groups in total. The minimum atomic E-state index is -4.17. The maximum atomic E-state index is 14.2. The van der Waals surface area contributed by atoms with E-state index in [4.69, 9.17) is 23.2 Å². The predicted molar refractivity (Wildman–Crippen MR) is 168 cm³/mol. The normalized spacial score (nSPS) is 14.7. The molecule has 3 aromatic rings. The molecule has 224 valence electrons. The molecule has 7 nitrogen and oxygen atoms in total. The van der Waals surface area contributed by atoms with Crippen LogP contribution in [0.2, 0.25) is 10.0 Å². The van der Waals surface area contributed by atoms with E-state index >= 15 is 0 Å². The van der Waals surface area contributed by atoms with Gasteiger partial charge in [-0.2, -0.15) is 0 Å². The number of sulfonamides is 1. The van der Waals surface area contributed by atoms with Gasteiger partial charge < -0.3 is 10.2 Å². The highest BCUT2D eigenvalue weighted by atomic mass is 35.5. The van der Waals surface area contributed by atoms with Crippen LogP contribution in [0, 0.1) is 6.92 Å². The van der Waals surface area contributed by atoms with Crippen LogP contribution in [0.25, 0.3) is 0 Å². The standard InChI is InChI=1S/C32H37Cl2N3O4S/c1-3-30(32(39)35-26-12-5-4-6-13-26)36(21-24-11-7-8-15-29(24)34)31(38)22-37(27-14-9-10-23(2)20-27)42(40,41)28-18-16-25(33)17-19-28/h7-11,14-20,26,30H,3-6,12-13,21-22H2,1-2H3,(H,35,39)/t30-/m1/s1. The Morgan fingerprint density at radius 2 is 1.64 bits per heavy atom. The van der Waals surface area contributed by atoms with E-state index in [0.717, 1.165) is 42.0 Å². The number of nitrogens with one attached hydrogen (secondary N) is 1. The van der Waals surface area contributed by atoms with Gasteiger partial charge in [0, 0.05) is 22.6 Å². The molecule has 2 amide bonds. The average molecular weight is 631 g/mol. The Kier molecular flexibility index (Phi) is 10.9. The van der Waals surface area contributed by atoms with Crippen molar-refractivity contribution in [2.75, 3.05) is 10.8 Å². The van der Waals surface area contributed by atoms with Crippen molar-refractivity contribution < 1.29 is 18.0 Å². The molecular weight excluding hydrogens is 593 g/mol. The third-order valence-electron chi connectivity index (χ3n) is 7.61. The summed E-state index contributed by atoms with van der Waals surface area (Å²) in [6.45, 7) is 3.25. The number of hydrogen-bond donors (Lipinski definition) is 1. The van der Waals surface area contributed by atoms with Gasteiger partial charge in [-0.3, -0.25) is 13.9 Å². The van der Waals surface area contributed by atoms with Crippen molar-refractivity contribution in [1.82, 2.24) is 10.2 Å². The molecule has 1 fully saturated rings. The molecule has 0 unspecified atom stereocenters. The predicted octanol–water partition coefficient (Wildman–Crippen LogP) is 6.75. The Bertz CT molecular complexity index is 1490. The van der Waals surface area contributed by atoms with Crippen LogP contribution in [-0.2, 0) is 26.2 Å². The van der Waals surface area contributed by atoms with Gasteiger partial charge in [0.1, 0.15) is 12.6 Å². The third-order valence-corrected chi connectivity index (χ3v) is 10.0. The van der Waals surface area contributed by atoms with E-state index in [1.807, 2.05) is 26.0 Å². The lowest BCUT2D eigenvalue weighted by Gasteiger charge is -2.34. The van der Waals surface area contributed by atoms with Crippen LogP contribution in [0.4, 0.5) is 5.69 Å². The number of anilines is 1. The quantitative estimate of drug-likeness (QED) is 0.254. The number of amides is 2. The summed E-state index contributed by atoms with van der Waals surface area (Å²) >= 11 is 12.5. The van der Waals surface area contributed by atoms with Crippen LogP contribution in [0.3, 0.4) is 0 Å². The van der Waals surface area contributed by atoms with E-state index in [2.05, 4.69) is 5.32 Å². The van der Waals surface area contributed by atoms with Gasteiger partial charge in [-0.15, -0.1) is 0 Å². The zero-order valence-electron chi connectivity index (χ0n) is 23.9. The lowest BCUT2D eigenvalue weighted by atomic mass is 9.95. The van der Waals surface area contributed by atoms with Gasteiger partial charge in [-0.1, -0.05) is 79.7 Å². The Balaban J connectivity index is 1.71. The van der Waals surface area contributed by atoms with E-state index in [1.54, 1.807) is 36.4 Å². The summed E-state index contributed by atoms with van der Waals surface area (Å²) in [7, 11) is -4.17. The molecule has 10 heteroatoms. The summed E-state index contributed by atoms with van der Waals surface area (Å²) in [6.07, 6.45) is 5.42. The number of benzene rings is 3. The molecule has 1 aliphatic carbocycles. The molecular formula is C32H37Cl2N3O4S. The highest BCUT2D eigenvalue weighted by Crippen LogP contribution is 2.27. The van der Waals surface area contributed by atoms with Crippen LogP contribution in [-0.4, -0.2) is 43.8 Å². The number of carbonyl (C=O) groups excluding carboxylic acids is 2. The number of halogens is 2. The maximum absolute atomic E-state index is 14.2. The van der Waals surface area contributed by atoms with Crippen molar-refractivity contribution in [3.63, 3.8) is 0 Å². The molecule has 0 spiro atoms. The lowest BCUT2D eigenvalue weighted by molar-refractivity contribution is -0.140. The van der Waals surface area contributed by atoms with Gasteiger partial charge in [0.25, 0.3) is 10.0 Å². The zero-order chi connectivity index (χ0) is 30.3. The zero-order valence-corrected chi connectivity index (χ0v) is 26.3. The van der Waals surface area contributed by atoms with Crippen LogP contribution < -0.4 is 9.62 Å².